The van der Waals surface area contributed by atoms with Gasteiger partial charge in [0.1, 0.15) is 0 Å². The van der Waals surface area contributed by atoms with Gasteiger partial charge in [0.15, 0.2) is 0 Å². The molecule has 1 amide bonds. The lowest BCUT2D eigenvalue weighted by molar-refractivity contribution is 0.0962. The number of nitrogens with one attached hydrogen (secondary N) is 2. The van der Waals surface area contributed by atoms with Crippen molar-refractivity contribution in [1.29, 1.82) is 0 Å². The van der Waals surface area contributed by atoms with Crippen LogP contribution in [-0.2, 0) is 10.0 Å². The molecule has 156 valence electrons. The molecule has 0 bridgehead atoms. The highest BCUT2D eigenvalue weighted by molar-refractivity contribution is 7.89. The Kier molecular flexibility index (Phi) is 6.18. The van der Waals surface area contributed by atoms with Gasteiger partial charge >= 0.3 is 0 Å². The van der Waals surface area contributed by atoms with E-state index < -0.39 is 15.9 Å². The number of anilines is 1. The molecule has 1 aliphatic heterocycles. The van der Waals surface area contributed by atoms with Gasteiger partial charge in [0.05, 0.1) is 4.90 Å². The summed E-state index contributed by atoms with van der Waals surface area (Å²) in [5.74, 6) is 0.421. The fourth-order valence-corrected chi connectivity index (χ4v) is 5.44. The number of aromatic nitrogens is 2. The molecule has 2 atom stereocenters. The molecule has 8 nitrogen and oxygen atoms in total. The minimum Gasteiger partial charge on any atom is -0.267 e. The first kappa shape index (κ1) is 21.2. The molecule has 1 aromatic carbocycles. The molecule has 0 unspecified atom stereocenters. The predicted octanol–water partition coefficient (Wildman–Crippen LogP) is 2.52. The third-order valence-electron chi connectivity index (χ3n) is 4.84. The van der Waals surface area contributed by atoms with E-state index in [4.69, 9.17) is 0 Å². The molecular formula is C20H27N5O3S. The van der Waals surface area contributed by atoms with Crippen LogP contribution >= 0.6 is 0 Å². The van der Waals surface area contributed by atoms with Crippen molar-refractivity contribution >= 4 is 21.9 Å². The summed E-state index contributed by atoms with van der Waals surface area (Å²) in [6, 6.07) is 7.89. The first-order chi connectivity index (χ1) is 13.6. The summed E-state index contributed by atoms with van der Waals surface area (Å²) < 4.78 is 27.7. The fraction of sp³-hybridized carbons (Fsp3) is 0.450. The third-order valence-corrected chi connectivity index (χ3v) is 6.67. The molecule has 2 heterocycles. The van der Waals surface area contributed by atoms with E-state index >= 15 is 0 Å². The van der Waals surface area contributed by atoms with Gasteiger partial charge in [-0.1, -0.05) is 19.9 Å². The molecule has 1 saturated heterocycles. The van der Waals surface area contributed by atoms with Crippen LogP contribution in [-0.4, -0.2) is 41.7 Å². The van der Waals surface area contributed by atoms with Gasteiger partial charge in [-0.15, -0.1) is 0 Å². The molecule has 3 rings (SSSR count). The number of hydrazine groups is 1. The van der Waals surface area contributed by atoms with E-state index in [-0.39, 0.29) is 16.4 Å². The number of carbonyl (C=O) groups is 1. The summed E-state index contributed by atoms with van der Waals surface area (Å²) in [5, 5.41) is 0. The van der Waals surface area contributed by atoms with Gasteiger partial charge in [-0.2, -0.15) is 4.31 Å². The Morgan fingerprint density at radius 3 is 2.31 bits per heavy atom. The number of rotatable bonds is 5. The largest absolute Gasteiger partial charge is 0.269 e. The molecule has 1 aliphatic rings. The number of nitrogens with zero attached hydrogens (tertiary/aromatic N) is 3. The van der Waals surface area contributed by atoms with Crippen LogP contribution in [0.15, 0.2) is 35.2 Å². The Hall–Kier alpha value is -2.52. The van der Waals surface area contributed by atoms with Gasteiger partial charge in [0.2, 0.25) is 16.0 Å². The molecule has 9 heteroatoms. The fourth-order valence-electron chi connectivity index (χ4n) is 3.72. The summed E-state index contributed by atoms with van der Waals surface area (Å²) in [7, 11) is -3.65. The van der Waals surface area contributed by atoms with Crippen molar-refractivity contribution in [2.75, 3.05) is 18.5 Å². The monoisotopic (exact) mass is 417 g/mol. The first-order valence-corrected chi connectivity index (χ1v) is 11.1. The van der Waals surface area contributed by atoms with E-state index in [0.29, 0.717) is 24.9 Å². The SMILES string of the molecule is Cc1cc(C)nc(NNC(=O)c2cccc(S(=O)(=O)N3C[C@H](C)C[C@H](C)C3)c2)n1. The van der Waals surface area contributed by atoms with Gasteiger partial charge < -0.3 is 0 Å². The highest BCUT2D eigenvalue weighted by Crippen LogP contribution is 2.27. The minimum absolute atomic E-state index is 0.120. The quantitative estimate of drug-likeness (QED) is 0.725. The Morgan fingerprint density at radius 2 is 1.69 bits per heavy atom. The smallest absolute Gasteiger partial charge is 0.267 e. The number of piperidine rings is 1. The summed E-state index contributed by atoms with van der Waals surface area (Å²) >= 11 is 0. The van der Waals surface area contributed by atoms with Gasteiger partial charge in [0, 0.05) is 30.0 Å². The molecule has 0 saturated carbocycles. The molecule has 1 aromatic heterocycles. The molecule has 0 spiro atoms. The van der Waals surface area contributed by atoms with Crippen molar-refractivity contribution in [3.05, 3.63) is 47.3 Å². The van der Waals surface area contributed by atoms with Crippen LogP contribution in [0.4, 0.5) is 5.95 Å². The zero-order valence-corrected chi connectivity index (χ0v) is 18.0. The maximum atomic E-state index is 13.1. The maximum Gasteiger partial charge on any atom is 0.269 e. The average molecular weight is 418 g/mol. The van der Waals surface area contributed by atoms with Gasteiger partial charge in [-0.3, -0.25) is 15.6 Å². The summed E-state index contributed by atoms with van der Waals surface area (Å²) in [4.78, 5) is 21.0. The molecule has 0 radical (unpaired) electrons. The number of aryl methyl sites for hydroxylation is 2. The summed E-state index contributed by atoms with van der Waals surface area (Å²) in [5.41, 5.74) is 6.97. The van der Waals surface area contributed by atoms with Crippen LogP contribution in [0.1, 0.15) is 42.0 Å². The number of sulfonamides is 1. The van der Waals surface area contributed by atoms with E-state index in [1.54, 1.807) is 12.1 Å². The van der Waals surface area contributed by atoms with Crippen LogP contribution in [0, 0.1) is 25.7 Å². The Labute approximate surface area is 171 Å². The van der Waals surface area contributed by atoms with Crippen molar-refractivity contribution in [1.82, 2.24) is 19.7 Å². The van der Waals surface area contributed by atoms with Crippen LogP contribution < -0.4 is 10.9 Å². The minimum atomic E-state index is -3.65. The molecule has 1 fully saturated rings. The Morgan fingerprint density at radius 1 is 1.07 bits per heavy atom. The number of benzene rings is 1. The second-order valence-corrected chi connectivity index (χ2v) is 9.79. The first-order valence-electron chi connectivity index (χ1n) is 9.64. The van der Waals surface area contributed by atoms with E-state index in [1.165, 1.54) is 16.4 Å². The van der Waals surface area contributed by atoms with Gasteiger partial charge in [-0.25, -0.2) is 18.4 Å². The Bertz CT molecular complexity index is 979. The number of hydrogen-bond donors (Lipinski definition) is 2. The van der Waals surface area contributed by atoms with Crippen LogP contribution in [0.3, 0.4) is 0 Å². The van der Waals surface area contributed by atoms with E-state index in [1.807, 2.05) is 19.9 Å². The van der Waals surface area contributed by atoms with Crippen molar-refractivity contribution < 1.29 is 13.2 Å². The average Bonchev–Trinajstić information content (AvgIpc) is 2.64. The van der Waals surface area contributed by atoms with E-state index in [9.17, 15) is 13.2 Å². The molecular weight excluding hydrogens is 390 g/mol. The second kappa shape index (κ2) is 8.46. The lowest BCUT2D eigenvalue weighted by atomic mass is 9.94. The second-order valence-electron chi connectivity index (χ2n) is 7.85. The number of carbonyl (C=O) groups excluding carboxylic acids is 1. The number of amides is 1. The molecule has 29 heavy (non-hydrogen) atoms. The van der Waals surface area contributed by atoms with Crippen molar-refractivity contribution in [3.8, 4) is 0 Å². The lowest BCUT2D eigenvalue weighted by Gasteiger charge is -2.34. The summed E-state index contributed by atoms with van der Waals surface area (Å²) in [6.45, 7) is 8.77. The van der Waals surface area contributed by atoms with E-state index in [0.717, 1.165) is 17.8 Å². The number of hydrogen-bond acceptors (Lipinski definition) is 6. The zero-order valence-electron chi connectivity index (χ0n) is 17.1. The predicted molar refractivity (Wildman–Crippen MR) is 111 cm³/mol. The van der Waals surface area contributed by atoms with Crippen molar-refractivity contribution in [3.63, 3.8) is 0 Å². The highest BCUT2D eigenvalue weighted by Gasteiger charge is 2.31. The van der Waals surface area contributed by atoms with Gasteiger partial charge in [0.25, 0.3) is 5.91 Å². The van der Waals surface area contributed by atoms with Crippen LogP contribution in [0.2, 0.25) is 0 Å². The molecule has 2 aromatic rings. The normalized spacial score (nSPS) is 20.3. The Balaban J connectivity index is 1.75. The lowest BCUT2D eigenvalue weighted by Crippen LogP contribution is -2.42. The standard InChI is InChI=1S/C20H27N5O3S/c1-13-8-14(2)12-25(11-13)29(27,28)18-7-5-6-17(10-18)19(26)23-24-20-21-15(3)9-16(4)22-20/h5-7,9-10,13-14H,8,11-12H2,1-4H3,(H,23,26)(H,21,22,24)/t13-,14+. The highest BCUT2D eigenvalue weighted by atomic mass is 32.2. The topological polar surface area (TPSA) is 104 Å². The van der Waals surface area contributed by atoms with E-state index in [2.05, 4.69) is 34.7 Å². The van der Waals surface area contributed by atoms with Crippen LogP contribution in [0.25, 0.3) is 0 Å². The maximum absolute atomic E-state index is 13.1. The molecule has 0 aliphatic carbocycles. The summed E-state index contributed by atoms with van der Waals surface area (Å²) in [6.07, 6.45) is 1.01. The molecule has 2 N–H and O–H groups in total. The van der Waals surface area contributed by atoms with Crippen LogP contribution in [0.5, 0.6) is 0 Å². The van der Waals surface area contributed by atoms with Crippen molar-refractivity contribution in [2.45, 2.75) is 39.0 Å². The third kappa shape index (κ3) is 5.10. The van der Waals surface area contributed by atoms with Crippen molar-refractivity contribution in [2.24, 2.45) is 11.8 Å². The van der Waals surface area contributed by atoms with Gasteiger partial charge in [-0.05, 0) is 56.4 Å². The zero-order chi connectivity index (χ0) is 21.2.